The summed E-state index contributed by atoms with van der Waals surface area (Å²) in [4.78, 5) is 8.24. The van der Waals surface area contributed by atoms with Crippen LogP contribution in [0.15, 0.2) is 24.4 Å². The number of aryl methyl sites for hydroxylation is 1. The summed E-state index contributed by atoms with van der Waals surface area (Å²) in [6.45, 7) is 2.45. The van der Waals surface area contributed by atoms with Gasteiger partial charge in [0, 0.05) is 16.6 Å². The van der Waals surface area contributed by atoms with Gasteiger partial charge in [0.15, 0.2) is 0 Å². The van der Waals surface area contributed by atoms with Crippen molar-refractivity contribution >= 4 is 40.6 Å². The fourth-order valence-corrected chi connectivity index (χ4v) is 2.40. The van der Waals surface area contributed by atoms with Crippen molar-refractivity contribution < 1.29 is 0 Å². The van der Waals surface area contributed by atoms with Gasteiger partial charge in [0.2, 0.25) is 0 Å². The second-order valence-corrected chi connectivity index (χ2v) is 5.21. The first-order valence-corrected chi connectivity index (χ1v) is 6.87. The third-order valence-electron chi connectivity index (χ3n) is 2.59. The van der Waals surface area contributed by atoms with E-state index in [0.29, 0.717) is 39.7 Å². The number of nitrogens with one attached hydrogen (secondary N) is 1. The zero-order chi connectivity index (χ0) is 13.8. The van der Waals surface area contributed by atoms with Crippen LogP contribution in [0.4, 0.5) is 5.82 Å². The first kappa shape index (κ1) is 14.4. The largest absolute Gasteiger partial charge is 0.368 e. The lowest BCUT2D eigenvalue weighted by atomic mass is 10.1. The van der Waals surface area contributed by atoms with Gasteiger partial charge in [-0.05, 0) is 31.0 Å². The molecule has 0 saturated carbocycles. The van der Waals surface area contributed by atoms with Gasteiger partial charge in [-0.25, -0.2) is 9.97 Å². The second-order valence-electron chi connectivity index (χ2n) is 3.99. The summed E-state index contributed by atoms with van der Waals surface area (Å²) in [5, 5.41) is 4.98. The molecule has 6 heteroatoms. The lowest BCUT2D eigenvalue weighted by Gasteiger charge is -2.10. The van der Waals surface area contributed by atoms with Crippen LogP contribution in [-0.2, 0) is 6.42 Å². The van der Waals surface area contributed by atoms with E-state index in [4.69, 9.17) is 34.8 Å². The molecule has 0 spiro atoms. The average Bonchev–Trinajstić information content (AvgIpc) is 2.37. The first-order valence-electron chi connectivity index (χ1n) is 5.74. The van der Waals surface area contributed by atoms with Gasteiger partial charge in [0.1, 0.15) is 16.7 Å². The molecule has 0 amide bonds. The minimum absolute atomic E-state index is 0.496. The number of nitrogens with zero attached hydrogens (tertiary/aromatic N) is 2. The van der Waals surface area contributed by atoms with E-state index >= 15 is 0 Å². The quantitative estimate of drug-likeness (QED) is 0.908. The Balaban J connectivity index is 2.02. The normalized spacial score (nSPS) is 10.5. The molecule has 3 nitrogen and oxygen atoms in total. The minimum atomic E-state index is 0.496. The first-order chi connectivity index (χ1) is 9.08. The predicted molar refractivity (Wildman–Crippen MR) is 80.4 cm³/mol. The van der Waals surface area contributed by atoms with Crippen molar-refractivity contribution in [1.82, 2.24) is 9.97 Å². The molecule has 1 aromatic heterocycles. The Morgan fingerprint density at radius 1 is 1.11 bits per heavy atom. The van der Waals surface area contributed by atoms with Gasteiger partial charge in [-0.15, -0.1) is 0 Å². The molecule has 1 aromatic carbocycles. The molecular weight excluding hydrogens is 305 g/mol. The molecule has 0 atom stereocenters. The van der Waals surface area contributed by atoms with Crippen molar-refractivity contribution in [2.45, 2.75) is 13.3 Å². The second kappa shape index (κ2) is 6.42. The van der Waals surface area contributed by atoms with Crippen LogP contribution in [-0.4, -0.2) is 16.5 Å². The Bertz CT molecular complexity index is 567. The fourth-order valence-electron chi connectivity index (χ4n) is 1.66. The molecule has 0 aliphatic heterocycles. The molecular formula is C13H12Cl3N3. The molecule has 2 rings (SSSR count). The highest BCUT2D eigenvalue weighted by Gasteiger charge is 2.06. The van der Waals surface area contributed by atoms with E-state index in [1.54, 1.807) is 6.20 Å². The van der Waals surface area contributed by atoms with Gasteiger partial charge >= 0.3 is 0 Å². The summed E-state index contributed by atoms with van der Waals surface area (Å²) in [6, 6.07) is 5.47. The number of anilines is 1. The molecule has 0 unspecified atom stereocenters. The van der Waals surface area contributed by atoms with E-state index < -0.39 is 0 Å². The molecule has 0 aliphatic carbocycles. The lowest BCUT2D eigenvalue weighted by molar-refractivity contribution is 0.981. The Hall–Kier alpha value is -1.03. The Labute approximate surface area is 126 Å². The smallest absolute Gasteiger partial charge is 0.148 e. The highest BCUT2D eigenvalue weighted by atomic mass is 35.5. The SMILES string of the molecule is Cc1ncc(Cl)c(NCCc2c(Cl)cccc2Cl)n1. The van der Waals surface area contributed by atoms with Crippen molar-refractivity contribution in [2.24, 2.45) is 0 Å². The van der Waals surface area contributed by atoms with Crippen molar-refractivity contribution in [3.05, 3.63) is 50.9 Å². The Morgan fingerprint density at radius 3 is 2.47 bits per heavy atom. The van der Waals surface area contributed by atoms with Gasteiger partial charge in [0.25, 0.3) is 0 Å². The number of rotatable bonds is 4. The maximum absolute atomic E-state index is 6.10. The topological polar surface area (TPSA) is 37.8 Å². The number of halogens is 3. The van der Waals surface area contributed by atoms with E-state index in [1.165, 1.54) is 0 Å². The summed E-state index contributed by atoms with van der Waals surface area (Å²) in [6.07, 6.45) is 2.27. The fraction of sp³-hybridized carbons (Fsp3) is 0.231. The zero-order valence-corrected chi connectivity index (χ0v) is 12.5. The van der Waals surface area contributed by atoms with Crippen LogP contribution in [0.1, 0.15) is 11.4 Å². The summed E-state index contributed by atoms with van der Waals surface area (Å²) >= 11 is 18.2. The van der Waals surface area contributed by atoms with E-state index in [-0.39, 0.29) is 0 Å². The highest BCUT2D eigenvalue weighted by molar-refractivity contribution is 6.36. The van der Waals surface area contributed by atoms with Crippen LogP contribution in [0.3, 0.4) is 0 Å². The van der Waals surface area contributed by atoms with Crippen LogP contribution in [0.2, 0.25) is 15.1 Å². The zero-order valence-electron chi connectivity index (χ0n) is 10.3. The van der Waals surface area contributed by atoms with Crippen LogP contribution in [0, 0.1) is 6.92 Å². The molecule has 0 aliphatic rings. The Morgan fingerprint density at radius 2 is 1.79 bits per heavy atom. The molecule has 19 heavy (non-hydrogen) atoms. The van der Waals surface area contributed by atoms with Gasteiger partial charge in [-0.2, -0.15) is 0 Å². The molecule has 2 aromatic rings. The van der Waals surface area contributed by atoms with Crippen molar-refractivity contribution in [2.75, 3.05) is 11.9 Å². The third-order valence-corrected chi connectivity index (χ3v) is 3.58. The molecule has 1 N–H and O–H groups in total. The number of hydrogen-bond acceptors (Lipinski definition) is 3. The van der Waals surface area contributed by atoms with Gasteiger partial charge in [-0.1, -0.05) is 40.9 Å². The number of hydrogen-bond donors (Lipinski definition) is 1. The predicted octanol–water partition coefficient (Wildman–Crippen LogP) is 4.40. The Kier molecular flexibility index (Phi) is 4.86. The number of aromatic nitrogens is 2. The molecule has 100 valence electrons. The van der Waals surface area contributed by atoms with Gasteiger partial charge in [0.05, 0.1) is 6.20 Å². The van der Waals surface area contributed by atoms with E-state index in [9.17, 15) is 0 Å². The summed E-state index contributed by atoms with van der Waals surface area (Å²) < 4.78 is 0. The van der Waals surface area contributed by atoms with Crippen molar-refractivity contribution in [1.29, 1.82) is 0 Å². The van der Waals surface area contributed by atoms with Crippen LogP contribution >= 0.6 is 34.8 Å². The monoisotopic (exact) mass is 315 g/mol. The van der Waals surface area contributed by atoms with E-state index in [1.807, 2.05) is 25.1 Å². The maximum atomic E-state index is 6.10. The third kappa shape index (κ3) is 3.72. The van der Waals surface area contributed by atoms with Gasteiger partial charge in [-0.3, -0.25) is 0 Å². The molecule has 0 radical (unpaired) electrons. The number of benzene rings is 1. The molecule has 0 bridgehead atoms. The van der Waals surface area contributed by atoms with Crippen molar-refractivity contribution in [3.8, 4) is 0 Å². The van der Waals surface area contributed by atoms with E-state index in [2.05, 4.69) is 15.3 Å². The average molecular weight is 317 g/mol. The molecule has 0 saturated heterocycles. The van der Waals surface area contributed by atoms with Crippen molar-refractivity contribution in [3.63, 3.8) is 0 Å². The summed E-state index contributed by atoms with van der Waals surface area (Å²) in [7, 11) is 0. The van der Waals surface area contributed by atoms with E-state index in [0.717, 1.165) is 5.56 Å². The van der Waals surface area contributed by atoms with Gasteiger partial charge < -0.3 is 5.32 Å². The highest BCUT2D eigenvalue weighted by Crippen LogP contribution is 2.25. The summed E-state index contributed by atoms with van der Waals surface area (Å²) in [5.74, 6) is 1.29. The van der Waals surface area contributed by atoms with Crippen LogP contribution < -0.4 is 5.32 Å². The molecule has 0 fully saturated rings. The summed E-state index contributed by atoms with van der Waals surface area (Å²) in [5.41, 5.74) is 0.917. The standard InChI is InChI=1S/C13H12Cl3N3/c1-8-18-7-12(16)13(19-8)17-6-5-9-10(14)3-2-4-11(9)15/h2-4,7H,5-6H2,1H3,(H,17,18,19). The molecule has 1 heterocycles. The van der Waals surface area contributed by atoms with Crippen LogP contribution in [0.5, 0.6) is 0 Å². The van der Waals surface area contributed by atoms with Crippen LogP contribution in [0.25, 0.3) is 0 Å². The lowest BCUT2D eigenvalue weighted by Crippen LogP contribution is -2.08. The maximum Gasteiger partial charge on any atom is 0.148 e. The minimum Gasteiger partial charge on any atom is -0.368 e.